The highest BCUT2D eigenvalue weighted by atomic mass is 35.5. The molecule has 0 saturated carbocycles. The lowest BCUT2D eigenvalue weighted by molar-refractivity contribution is 1.15. The lowest BCUT2D eigenvalue weighted by Crippen LogP contribution is -1.99. The second-order valence-corrected chi connectivity index (χ2v) is 6.58. The number of nitrogens with one attached hydrogen (secondary N) is 1. The van der Waals surface area contributed by atoms with Gasteiger partial charge in [0, 0.05) is 22.3 Å². The first kappa shape index (κ1) is 13.7. The third-order valence-corrected chi connectivity index (χ3v) is 4.51. The molecule has 0 radical (unpaired) electrons. The maximum absolute atomic E-state index is 6.16. The van der Waals surface area contributed by atoms with Crippen molar-refractivity contribution in [2.45, 2.75) is 13.5 Å². The molecular formula is C15H12Cl2N2S. The van der Waals surface area contributed by atoms with Crippen molar-refractivity contribution in [3.8, 4) is 0 Å². The van der Waals surface area contributed by atoms with Gasteiger partial charge in [-0.25, -0.2) is 4.98 Å². The normalized spacial score (nSPS) is 10.9. The van der Waals surface area contributed by atoms with Crippen LogP contribution >= 0.6 is 34.5 Å². The lowest BCUT2D eigenvalue weighted by atomic mass is 10.2. The Labute approximate surface area is 131 Å². The molecule has 2 aromatic carbocycles. The Morgan fingerprint density at radius 3 is 2.80 bits per heavy atom. The quantitative estimate of drug-likeness (QED) is 0.686. The Balaban J connectivity index is 1.79. The number of halogens is 2. The Hall–Kier alpha value is -1.29. The number of rotatable bonds is 3. The average Bonchev–Trinajstić information content (AvgIpc) is 2.77. The Kier molecular flexibility index (Phi) is 3.83. The number of anilines is 1. The van der Waals surface area contributed by atoms with E-state index >= 15 is 0 Å². The zero-order valence-electron chi connectivity index (χ0n) is 10.8. The van der Waals surface area contributed by atoms with Gasteiger partial charge < -0.3 is 5.32 Å². The van der Waals surface area contributed by atoms with Crippen LogP contribution in [0.5, 0.6) is 0 Å². The van der Waals surface area contributed by atoms with Crippen LogP contribution in [-0.4, -0.2) is 4.98 Å². The summed E-state index contributed by atoms with van der Waals surface area (Å²) in [5.41, 5.74) is 3.13. The topological polar surface area (TPSA) is 24.9 Å². The third kappa shape index (κ3) is 2.90. The van der Waals surface area contributed by atoms with E-state index in [1.807, 2.05) is 31.2 Å². The maximum atomic E-state index is 6.16. The van der Waals surface area contributed by atoms with Gasteiger partial charge in [0.05, 0.1) is 15.2 Å². The van der Waals surface area contributed by atoms with Gasteiger partial charge in [-0.3, -0.25) is 0 Å². The molecule has 0 aliphatic heterocycles. The number of thiazole rings is 1. The van der Waals surface area contributed by atoms with E-state index < -0.39 is 0 Å². The van der Waals surface area contributed by atoms with Gasteiger partial charge in [0.15, 0.2) is 0 Å². The number of fused-ring (bicyclic) bond motifs is 1. The number of hydrogen-bond acceptors (Lipinski definition) is 3. The second kappa shape index (κ2) is 5.60. The van der Waals surface area contributed by atoms with E-state index in [4.69, 9.17) is 23.2 Å². The van der Waals surface area contributed by atoms with E-state index in [2.05, 4.69) is 16.4 Å². The second-order valence-electron chi connectivity index (χ2n) is 4.50. The summed E-state index contributed by atoms with van der Waals surface area (Å²) in [5, 5.41) is 5.79. The molecule has 3 rings (SSSR count). The molecule has 1 N–H and O–H groups in total. The molecule has 20 heavy (non-hydrogen) atoms. The number of nitrogens with zero attached hydrogens (tertiary/aromatic N) is 1. The Bertz CT molecular complexity index is 768. The van der Waals surface area contributed by atoms with Crippen molar-refractivity contribution in [3.05, 3.63) is 57.0 Å². The van der Waals surface area contributed by atoms with E-state index in [1.54, 1.807) is 17.4 Å². The highest BCUT2D eigenvalue weighted by Crippen LogP contribution is 2.26. The minimum Gasteiger partial charge on any atom is -0.381 e. The summed E-state index contributed by atoms with van der Waals surface area (Å²) in [5.74, 6) is 0. The summed E-state index contributed by atoms with van der Waals surface area (Å²) in [6, 6.07) is 11.7. The SMILES string of the molecule is Cc1nc2ccc(NCc3ccc(Cl)cc3Cl)cc2s1. The predicted molar refractivity (Wildman–Crippen MR) is 88.1 cm³/mol. The van der Waals surface area contributed by atoms with Crippen LogP contribution < -0.4 is 5.32 Å². The van der Waals surface area contributed by atoms with Crippen molar-refractivity contribution < 1.29 is 0 Å². The van der Waals surface area contributed by atoms with E-state index in [0.717, 1.165) is 21.8 Å². The van der Waals surface area contributed by atoms with Crippen molar-refractivity contribution in [1.29, 1.82) is 0 Å². The molecule has 3 aromatic rings. The van der Waals surface area contributed by atoms with Gasteiger partial charge in [-0.1, -0.05) is 29.3 Å². The molecule has 1 heterocycles. The first-order valence-corrected chi connectivity index (χ1v) is 7.74. The third-order valence-electron chi connectivity index (χ3n) is 2.99. The van der Waals surface area contributed by atoms with Crippen molar-refractivity contribution in [1.82, 2.24) is 4.98 Å². The van der Waals surface area contributed by atoms with Gasteiger partial charge >= 0.3 is 0 Å². The zero-order valence-corrected chi connectivity index (χ0v) is 13.1. The maximum Gasteiger partial charge on any atom is 0.0907 e. The molecule has 5 heteroatoms. The summed E-state index contributed by atoms with van der Waals surface area (Å²) in [6.07, 6.45) is 0. The van der Waals surface area contributed by atoms with E-state index in [0.29, 0.717) is 16.6 Å². The van der Waals surface area contributed by atoms with Gasteiger partial charge in [0.2, 0.25) is 0 Å². The fourth-order valence-electron chi connectivity index (χ4n) is 2.01. The number of hydrogen-bond donors (Lipinski definition) is 1. The van der Waals surface area contributed by atoms with E-state index in [-0.39, 0.29) is 0 Å². The minimum absolute atomic E-state index is 0.653. The molecule has 0 amide bonds. The molecule has 102 valence electrons. The lowest BCUT2D eigenvalue weighted by Gasteiger charge is -2.08. The van der Waals surface area contributed by atoms with Crippen LogP contribution in [0.3, 0.4) is 0 Å². The molecule has 0 fully saturated rings. The molecule has 0 bridgehead atoms. The number of aryl methyl sites for hydroxylation is 1. The fraction of sp³-hybridized carbons (Fsp3) is 0.133. The molecule has 0 aliphatic carbocycles. The van der Waals surface area contributed by atoms with Crippen molar-refractivity contribution in [3.63, 3.8) is 0 Å². The van der Waals surface area contributed by atoms with Gasteiger partial charge in [-0.05, 0) is 42.8 Å². The van der Waals surface area contributed by atoms with Crippen LogP contribution in [0, 0.1) is 6.92 Å². The molecular weight excluding hydrogens is 311 g/mol. The first-order chi connectivity index (χ1) is 9.61. The molecule has 0 aliphatic rings. The van der Waals surface area contributed by atoms with E-state index in [1.165, 1.54) is 4.70 Å². The van der Waals surface area contributed by atoms with Gasteiger partial charge in [-0.2, -0.15) is 0 Å². The molecule has 0 atom stereocenters. The number of benzene rings is 2. The average molecular weight is 323 g/mol. The Morgan fingerprint density at radius 1 is 1.15 bits per heavy atom. The van der Waals surface area contributed by atoms with Crippen molar-refractivity contribution in [2.24, 2.45) is 0 Å². The summed E-state index contributed by atoms with van der Waals surface area (Å²) >= 11 is 13.8. The molecule has 0 saturated heterocycles. The van der Waals surface area contributed by atoms with Crippen LogP contribution in [0.1, 0.15) is 10.6 Å². The monoisotopic (exact) mass is 322 g/mol. The first-order valence-electron chi connectivity index (χ1n) is 6.17. The summed E-state index contributed by atoms with van der Waals surface area (Å²) in [6.45, 7) is 2.69. The van der Waals surface area contributed by atoms with Gasteiger partial charge in [0.25, 0.3) is 0 Å². The van der Waals surface area contributed by atoms with Crippen LogP contribution in [0.25, 0.3) is 10.2 Å². The minimum atomic E-state index is 0.653. The smallest absolute Gasteiger partial charge is 0.0907 e. The molecule has 1 aromatic heterocycles. The van der Waals surface area contributed by atoms with Crippen molar-refractivity contribution in [2.75, 3.05) is 5.32 Å². The Morgan fingerprint density at radius 2 is 2.00 bits per heavy atom. The molecule has 0 unspecified atom stereocenters. The predicted octanol–water partition coefficient (Wildman–Crippen LogP) is 5.52. The summed E-state index contributed by atoms with van der Waals surface area (Å²) in [7, 11) is 0. The van der Waals surface area contributed by atoms with Crippen LogP contribution in [0.15, 0.2) is 36.4 Å². The summed E-state index contributed by atoms with van der Waals surface area (Å²) in [4.78, 5) is 4.45. The van der Waals surface area contributed by atoms with Crippen LogP contribution in [0.2, 0.25) is 10.0 Å². The highest BCUT2D eigenvalue weighted by molar-refractivity contribution is 7.18. The largest absolute Gasteiger partial charge is 0.381 e. The van der Waals surface area contributed by atoms with E-state index in [9.17, 15) is 0 Å². The highest BCUT2D eigenvalue weighted by Gasteiger charge is 2.04. The number of aromatic nitrogens is 1. The van der Waals surface area contributed by atoms with Gasteiger partial charge in [-0.15, -0.1) is 11.3 Å². The van der Waals surface area contributed by atoms with Gasteiger partial charge in [0.1, 0.15) is 0 Å². The summed E-state index contributed by atoms with van der Waals surface area (Å²) < 4.78 is 1.19. The molecule has 2 nitrogen and oxygen atoms in total. The van der Waals surface area contributed by atoms with Crippen LogP contribution in [0.4, 0.5) is 5.69 Å². The van der Waals surface area contributed by atoms with Crippen molar-refractivity contribution >= 4 is 50.4 Å². The standard InChI is InChI=1S/C15H12Cl2N2S/c1-9-19-14-5-4-12(7-15(14)20-9)18-8-10-2-3-11(16)6-13(10)17/h2-7,18H,8H2,1H3. The molecule has 0 spiro atoms. The zero-order chi connectivity index (χ0) is 14.1. The van der Waals surface area contributed by atoms with Crippen LogP contribution in [-0.2, 0) is 6.54 Å². The fourth-order valence-corrected chi connectivity index (χ4v) is 3.35.